The van der Waals surface area contributed by atoms with Gasteiger partial charge in [-0.05, 0) is 42.7 Å². The van der Waals surface area contributed by atoms with E-state index in [0.717, 1.165) is 37.2 Å². The van der Waals surface area contributed by atoms with Crippen LogP contribution in [0, 0.1) is 11.3 Å². The first-order valence-corrected chi connectivity index (χ1v) is 9.99. The standard InChI is InChI=1S/C23H24N2O4/c24-14-17-5-1-2-6-19(17)29-15-22(26)25-16-23(9-3-4-10-23)18-7-8-20-21(13-18)28-12-11-27-20/h1-2,5-8,13H,3-4,9-12,15-16H2,(H,25,26). The molecule has 0 radical (unpaired) electrons. The molecule has 1 aliphatic heterocycles. The number of hydrogen-bond donors (Lipinski definition) is 1. The van der Waals surface area contributed by atoms with E-state index in [1.165, 1.54) is 5.56 Å². The van der Waals surface area contributed by atoms with Crippen molar-refractivity contribution in [3.63, 3.8) is 0 Å². The summed E-state index contributed by atoms with van der Waals surface area (Å²) in [5.74, 6) is 1.79. The van der Waals surface area contributed by atoms with Crippen LogP contribution in [0.15, 0.2) is 42.5 Å². The summed E-state index contributed by atoms with van der Waals surface area (Å²) >= 11 is 0. The summed E-state index contributed by atoms with van der Waals surface area (Å²) in [6.45, 7) is 1.56. The number of para-hydroxylation sites is 1. The number of nitrogens with zero attached hydrogens (tertiary/aromatic N) is 1. The average molecular weight is 392 g/mol. The first kappa shape index (κ1) is 19.1. The van der Waals surface area contributed by atoms with Crippen molar-refractivity contribution < 1.29 is 19.0 Å². The van der Waals surface area contributed by atoms with Crippen molar-refractivity contribution in [1.82, 2.24) is 5.32 Å². The second-order valence-electron chi connectivity index (χ2n) is 7.52. The fourth-order valence-corrected chi connectivity index (χ4v) is 4.14. The van der Waals surface area contributed by atoms with Crippen molar-refractivity contribution in [1.29, 1.82) is 5.26 Å². The number of rotatable bonds is 6. The summed E-state index contributed by atoms with van der Waals surface area (Å²) in [7, 11) is 0. The molecular formula is C23H24N2O4. The Balaban J connectivity index is 1.41. The first-order chi connectivity index (χ1) is 14.2. The molecule has 0 spiro atoms. The summed E-state index contributed by atoms with van der Waals surface area (Å²) in [6.07, 6.45) is 4.31. The highest BCUT2D eigenvalue weighted by molar-refractivity contribution is 5.77. The minimum Gasteiger partial charge on any atom is -0.486 e. The molecule has 150 valence electrons. The van der Waals surface area contributed by atoms with Gasteiger partial charge in [0.25, 0.3) is 5.91 Å². The Morgan fingerprint density at radius 1 is 1.10 bits per heavy atom. The van der Waals surface area contributed by atoms with Crippen LogP contribution in [0.2, 0.25) is 0 Å². The molecule has 1 heterocycles. The third-order valence-corrected chi connectivity index (χ3v) is 5.71. The molecule has 2 aromatic rings. The van der Waals surface area contributed by atoms with E-state index in [1.54, 1.807) is 24.3 Å². The number of ether oxygens (including phenoxy) is 3. The van der Waals surface area contributed by atoms with Gasteiger partial charge in [-0.3, -0.25) is 4.79 Å². The van der Waals surface area contributed by atoms with Crippen LogP contribution in [0.4, 0.5) is 0 Å². The predicted octanol–water partition coefficient (Wildman–Crippen LogP) is 3.34. The van der Waals surface area contributed by atoms with Crippen LogP contribution in [-0.4, -0.2) is 32.3 Å². The van der Waals surface area contributed by atoms with Crippen molar-refractivity contribution in [2.75, 3.05) is 26.4 Å². The lowest BCUT2D eigenvalue weighted by Crippen LogP contribution is -2.41. The SMILES string of the molecule is N#Cc1ccccc1OCC(=O)NCC1(c2ccc3c(c2)OCCO3)CCCC1. The van der Waals surface area contributed by atoms with Crippen LogP contribution >= 0.6 is 0 Å². The van der Waals surface area contributed by atoms with Crippen molar-refractivity contribution in [2.45, 2.75) is 31.1 Å². The van der Waals surface area contributed by atoms with Crippen LogP contribution in [-0.2, 0) is 10.2 Å². The maximum Gasteiger partial charge on any atom is 0.257 e. The third kappa shape index (κ3) is 4.14. The van der Waals surface area contributed by atoms with Crippen molar-refractivity contribution in [3.8, 4) is 23.3 Å². The smallest absolute Gasteiger partial charge is 0.257 e. The monoisotopic (exact) mass is 392 g/mol. The first-order valence-electron chi connectivity index (χ1n) is 9.99. The lowest BCUT2D eigenvalue weighted by molar-refractivity contribution is -0.123. The molecule has 0 unspecified atom stereocenters. The highest BCUT2D eigenvalue weighted by atomic mass is 16.6. The maximum atomic E-state index is 12.4. The summed E-state index contributed by atoms with van der Waals surface area (Å²) in [4.78, 5) is 12.4. The number of nitrogens with one attached hydrogen (secondary N) is 1. The molecule has 2 aromatic carbocycles. The molecule has 6 heteroatoms. The molecule has 1 amide bonds. The van der Waals surface area contributed by atoms with E-state index in [2.05, 4.69) is 23.5 Å². The molecule has 2 aliphatic rings. The molecule has 6 nitrogen and oxygen atoms in total. The normalized spacial score (nSPS) is 16.7. The van der Waals surface area contributed by atoms with E-state index in [4.69, 9.17) is 19.5 Å². The number of amides is 1. The van der Waals surface area contributed by atoms with Gasteiger partial charge in [0.05, 0.1) is 5.56 Å². The molecule has 4 rings (SSSR count). The minimum absolute atomic E-state index is 0.101. The molecular weight excluding hydrogens is 368 g/mol. The summed E-state index contributed by atoms with van der Waals surface area (Å²) < 4.78 is 16.9. The number of hydrogen-bond acceptors (Lipinski definition) is 5. The number of nitriles is 1. The lowest BCUT2D eigenvalue weighted by atomic mass is 9.78. The zero-order valence-electron chi connectivity index (χ0n) is 16.3. The van der Waals surface area contributed by atoms with Crippen LogP contribution in [0.25, 0.3) is 0 Å². The Labute approximate surface area is 170 Å². The molecule has 0 aromatic heterocycles. The van der Waals surface area contributed by atoms with E-state index in [9.17, 15) is 4.79 Å². The second kappa shape index (κ2) is 8.44. The fraction of sp³-hybridized carbons (Fsp3) is 0.391. The fourth-order valence-electron chi connectivity index (χ4n) is 4.14. The van der Waals surface area contributed by atoms with Crippen LogP contribution in [0.3, 0.4) is 0 Å². The quantitative estimate of drug-likeness (QED) is 0.816. The van der Waals surface area contributed by atoms with Crippen molar-refractivity contribution >= 4 is 5.91 Å². The summed E-state index contributed by atoms with van der Waals surface area (Å²) in [6, 6.07) is 15.1. The van der Waals surface area contributed by atoms with Gasteiger partial charge in [-0.2, -0.15) is 5.26 Å². The molecule has 1 N–H and O–H groups in total. The second-order valence-corrected chi connectivity index (χ2v) is 7.52. The van der Waals surface area contributed by atoms with E-state index in [-0.39, 0.29) is 17.9 Å². The number of carbonyl (C=O) groups is 1. The van der Waals surface area contributed by atoms with Crippen LogP contribution in [0.1, 0.15) is 36.8 Å². The van der Waals surface area contributed by atoms with Gasteiger partial charge >= 0.3 is 0 Å². The highest BCUT2D eigenvalue weighted by Gasteiger charge is 2.36. The van der Waals surface area contributed by atoms with Crippen LogP contribution in [0.5, 0.6) is 17.2 Å². The predicted molar refractivity (Wildman–Crippen MR) is 107 cm³/mol. The van der Waals surface area contributed by atoms with E-state index in [1.807, 2.05) is 6.07 Å². The number of carbonyl (C=O) groups excluding carboxylic acids is 1. The zero-order valence-corrected chi connectivity index (χ0v) is 16.3. The van der Waals surface area contributed by atoms with Gasteiger partial charge in [0.2, 0.25) is 0 Å². The summed E-state index contributed by atoms with van der Waals surface area (Å²) in [5, 5.41) is 12.2. The molecule has 0 atom stereocenters. The third-order valence-electron chi connectivity index (χ3n) is 5.71. The van der Waals surface area contributed by atoms with Gasteiger partial charge in [-0.25, -0.2) is 0 Å². The summed E-state index contributed by atoms with van der Waals surface area (Å²) in [5.41, 5.74) is 1.50. The minimum atomic E-state index is -0.193. The molecule has 0 bridgehead atoms. The molecule has 1 saturated carbocycles. The Morgan fingerprint density at radius 2 is 1.86 bits per heavy atom. The van der Waals surface area contributed by atoms with Gasteiger partial charge < -0.3 is 19.5 Å². The highest BCUT2D eigenvalue weighted by Crippen LogP contribution is 2.43. The maximum absolute atomic E-state index is 12.4. The molecule has 1 fully saturated rings. The Bertz CT molecular complexity index is 929. The van der Waals surface area contributed by atoms with E-state index >= 15 is 0 Å². The van der Waals surface area contributed by atoms with Gasteiger partial charge in [0.1, 0.15) is 25.0 Å². The van der Waals surface area contributed by atoms with Gasteiger partial charge in [0.15, 0.2) is 18.1 Å². The molecule has 1 aliphatic carbocycles. The van der Waals surface area contributed by atoms with Gasteiger partial charge in [-0.15, -0.1) is 0 Å². The lowest BCUT2D eigenvalue weighted by Gasteiger charge is -2.31. The Morgan fingerprint density at radius 3 is 2.66 bits per heavy atom. The topological polar surface area (TPSA) is 80.6 Å². The number of fused-ring (bicyclic) bond motifs is 1. The van der Waals surface area contributed by atoms with Crippen molar-refractivity contribution in [2.24, 2.45) is 0 Å². The molecule has 29 heavy (non-hydrogen) atoms. The largest absolute Gasteiger partial charge is 0.486 e. The Hall–Kier alpha value is -3.20. The Kier molecular flexibility index (Phi) is 5.57. The average Bonchev–Trinajstić information content (AvgIpc) is 3.26. The zero-order chi connectivity index (χ0) is 20.1. The van der Waals surface area contributed by atoms with Crippen LogP contribution < -0.4 is 19.5 Å². The number of benzene rings is 2. The van der Waals surface area contributed by atoms with E-state index in [0.29, 0.717) is 31.1 Å². The van der Waals surface area contributed by atoms with Crippen molar-refractivity contribution in [3.05, 3.63) is 53.6 Å². The van der Waals surface area contributed by atoms with Gasteiger partial charge in [0, 0.05) is 12.0 Å². The van der Waals surface area contributed by atoms with Gasteiger partial charge in [-0.1, -0.05) is 31.0 Å². The molecule has 0 saturated heterocycles. The van der Waals surface area contributed by atoms with E-state index < -0.39 is 0 Å².